The van der Waals surface area contributed by atoms with Gasteiger partial charge in [0.25, 0.3) is 0 Å². The lowest BCUT2D eigenvalue weighted by molar-refractivity contribution is -0.114. The highest BCUT2D eigenvalue weighted by Crippen LogP contribution is 2.30. The molecule has 1 fully saturated rings. The summed E-state index contributed by atoms with van der Waals surface area (Å²) in [6, 6.07) is 9.80. The van der Waals surface area contributed by atoms with Gasteiger partial charge < -0.3 is 4.74 Å². The zero-order valence-electron chi connectivity index (χ0n) is 8.77. The Kier molecular flexibility index (Phi) is 3.96. The molecule has 0 bridgehead atoms. The van der Waals surface area contributed by atoms with Crippen molar-refractivity contribution in [2.45, 2.75) is 24.4 Å². The number of hydrogen-bond acceptors (Lipinski definition) is 3. The van der Waals surface area contributed by atoms with Crippen molar-refractivity contribution in [2.24, 2.45) is 0 Å². The van der Waals surface area contributed by atoms with Gasteiger partial charge in [0.15, 0.2) is 6.17 Å². The average Bonchev–Trinajstić information content (AvgIpc) is 2.60. The van der Waals surface area contributed by atoms with Crippen LogP contribution in [0, 0.1) is 0 Å². The smallest absolute Gasteiger partial charge is 0.223 e. The molecule has 4 heteroatoms. The Bertz CT molecular complexity index is 355. The first kappa shape index (κ1) is 11.6. The second-order valence-corrected chi connectivity index (χ2v) is 5.07. The van der Waals surface area contributed by atoms with E-state index in [1.54, 1.807) is 0 Å². The highest BCUT2D eigenvalue weighted by atomic mass is 32.2. The van der Waals surface area contributed by atoms with Crippen LogP contribution in [0.15, 0.2) is 30.3 Å². The third-order valence-electron chi connectivity index (χ3n) is 2.42. The van der Waals surface area contributed by atoms with E-state index in [9.17, 15) is 9.18 Å². The van der Waals surface area contributed by atoms with E-state index in [0.29, 0.717) is 13.2 Å². The topological polar surface area (TPSA) is 26.3 Å². The van der Waals surface area contributed by atoms with Gasteiger partial charge in [-0.3, -0.25) is 4.79 Å². The van der Waals surface area contributed by atoms with Crippen LogP contribution in [-0.4, -0.2) is 23.1 Å². The van der Waals surface area contributed by atoms with Crippen molar-refractivity contribution >= 4 is 16.9 Å². The molecule has 0 aromatic heterocycles. The summed E-state index contributed by atoms with van der Waals surface area (Å²) < 4.78 is 18.4. The fourth-order valence-corrected chi connectivity index (χ4v) is 2.60. The minimum absolute atomic E-state index is 0.0220. The second-order valence-electron chi connectivity index (χ2n) is 3.76. The molecule has 1 aromatic rings. The van der Waals surface area contributed by atoms with Crippen molar-refractivity contribution in [2.75, 3.05) is 6.61 Å². The number of hydrogen-bond donors (Lipinski definition) is 0. The predicted molar refractivity (Wildman–Crippen MR) is 62.0 cm³/mol. The van der Waals surface area contributed by atoms with Crippen molar-refractivity contribution in [1.29, 1.82) is 0 Å². The minimum atomic E-state index is -1.30. The van der Waals surface area contributed by atoms with Crippen LogP contribution >= 0.6 is 11.8 Å². The summed E-state index contributed by atoms with van der Waals surface area (Å²) in [7, 11) is 0. The lowest BCUT2D eigenvalue weighted by Gasteiger charge is -2.08. The van der Waals surface area contributed by atoms with E-state index in [2.05, 4.69) is 0 Å². The zero-order valence-corrected chi connectivity index (χ0v) is 9.58. The quantitative estimate of drug-likeness (QED) is 0.809. The first-order valence-corrected chi connectivity index (χ1v) is 6.10. The molecular weight excluding hydrogens is 227 g/mol. The molecule has 2 atom stereocenters. The van der Waals surface area contributed by atoms with Gasteiger partial charge in [0.05, 0.1) is 13.2 Å². The molecule has 0 amide bonds. The number of rotatable bonds is 4. The average molecular weight is 240 g/mol. The van der Waals surface area contributed by atoms with Crippen LogP contribution in [0.4, 0.5) is 4.39 Å². The summed E-state index contributed by atoms with van der Waals surface area (Å²) in [6.07, 6.45) is -1.01. The number of carbonyl (C=O) groups excluding carboxylic acids is 1. The van der Waals surface area contributed by atoms with Crippen LogP contribution in [0.5, 0.6) is 0 Å². The molecule has 0 unspecified atom stereocenters. The largest absolute Gasteiger partial charge is 0.376 e. The SMILES string of the molecule is O=C1S[C@H](COCc2ccccc2)C[C@H]1F. The Balaban J connectivity index is 1.71. The van der Waals surface area contributed by atoms with Crippen LogP contribution in [-0.2, 0) is 16.1 Å². The third-order valence-corrected chi connectivity index (χ3v) is 3.57. The van der Waals surface area contributed by atoms with Gasteiger partial charge in [0.2, 0.25) is 5.12 Å². The second kappa shape index (κ2) is 5.46. The molecular formula is C12H13FO2S. The fourth-order valence-electron chi connectivity index (χ4n) is 1.60. The van der Waals surface area contributed by atoms with Crippen molar-refractivity contribution in [3.05, 3.63) is 35.9 Å². The van der Waals surface area contributed by atoms with E-state index in [0.717, 1.165) is 17.3 Å². The summed E-state index contributed by atoms with van der Waals surface area (Å²) in [5, 5.41) is -0.375. The molecule has 2 rings (SSSR count). The number of carbonyl (C=O) groups is 1. The first-order chi connectivity index (χ1) is 7.75. The molecule has 86 valence electrons. The fraction of sp³-hybridized carbons (Fsp3) is 0.417. The van der Waals surface area contributed by atoms with Crippen molar-refractivity contribution in [3.8, 4) is 0 Å². The molecule has 1 heterocycles. The monoisotopic (exact) mass is 240 g/mol. The van der Waals surface area contributed by atoms with E-state index < -0.39 is 6.17 Å². The minimum Gasteiger partial charge on any atom is -0.376 e. The lowest BCUT2D eigenvalue weighted by atomic mass is 10.2. The maximum Gasteiger partial charge on any atom is 0.223 e. The number of thioether (sulfide) groups is 1. The predicted octanol–water partition coefficient (Wildman–Crippen LogP) is 2.57. The molecule has 0 aliphatic carbocycles. The molecule has 2 nitrogen and oxygen atoms in total. The normalized spacial score (nSPS) is 24.9. The number of ether oxygens (including phenoxy) is 1. The number of halogens is 1. The van der Waals surface area contributed by atoms with Crippen LogP contribution in [0.1, 0.15) is 12.0 Å². The lowest BCUT2D eigenvalue weighted by Crippen LogP contribution is -2.10. The summed E-state index contributed by atoms with van der Waals surface area (Å²) in [5.74, 6) is 0. The molecule has 16 heavy (non-hydrogen) atoms. The molecule has 1 aromatic carbocycles. The maximum absolute atomic E-state index is 12.9. The summed E-state index contributed by atoms with van der Waals surface area (Å²) >= 11 is 1.07. The van der Waals surface area contributed by atoms with Gasteiger partial charge in [-0.15, -0.1) is 0 Å². The van der Waals surface area contributed by atoms with Gasteiger partial charge in [-0.25, -0.2) is 4.39 Å². The molecule has 0 spiro atoms. The molecule has 0 radical (unpaired) electrons. The summed E-state index contributed by atoms with van der Waals surface area (Å²) in [5.41, 5.74) is 1.09. The Labute approximate surface area is 98.2 Å². The number of alkyl halides is 1. The van der Waals surface area contributed by atoms with Crippen LogP contribution < -0.4 is 0 Å². The van der Waals surface area contributed by atoms with Gasteiger partial charge in [-0.05, 0) is 5.56 Å². The Hall–Kier alpha value is -0.870. The summed E-state index contributed by atoms with van der Waals surface area (Å²) in [6.45, 7) is 0.953. The molecule has 0 N–H and O–H groups in total. The van der Waals surface area contributed by atoms with E-state index in [4.69, 9.17) is 4.74 Å². The van der Waals surface area contributed by atoms with Crippen LogP contribution in [0.3, 0.4) is 0 Å². The van der Waals surface area contributed by atoms with Gasteiger partial charge in [0, 0.05) is 11.7 Å². The highest BCUT2D eigenvalue weighted by Gasteiger charge is 2.33. The maximum atomic E-state index is 12.9. The van der Waals surface area contributed by atoms with Gasteiger partial charge >= 0.3 is 0 Å². The van der Waals surface area contributed by atoms with Gasteiger partial charge in [0.1, 0.15) is 0 Å². The molecule has 1 saturated heterocycles. The molecule has 0 saturated carbocycles. The number of benzene rings is 1. The van der Waals surface area contributed by atoms with Gasteiger partial charge in [-0.1, -0.05) is 42.1 Å². The van der Waals surface area contributed by atoms with Crippen molar-refractivity contribution in [3.63, 3.8) is 0 Å². The third kappa shape index (κ3) is 3.06. The molecule has 1 aliphatic heterocycles. The van der Waals surface area contributed by atoms with E-state index in [1.165, 1.54) is 0 Å². The van der Waals surface area contributed by atoms with E-state index in [-0.39, 0.29) is 16.8 Å². The Morgan fingerprint density at radius 3 is 2.75 bits per heavy atom. The Morgan fingerprint density at radius 1 is 1.38 bits per heavy atom. The van der Waals surface area contributed by atoms with Crippen molar-refractivity contribution < 1.29 is 13.9 Å². The first-order valence-electron chi connectivity index (χ1n) is 5.22. The van der Waals surface area contributed by atoms with Gasteiger partial charge in [-0.2, -0.15) is 0 Å². The van der Waals surface area contributed by atoms with Crippen LogP contribution in [0.2, 0.25) is 0 Å². The van der Waals surface area contributed by atoms with E-state index in [1.807, 2.05) is 30.3 Å². The molecule has 1 aliphatic rings. The Morgan fingerprint density at radius 2 is 2.12 bits per heavy atom. The zero-order chi connectivity index (χ0) is 11.4. The van der Waals surface area contributed by atoms with Crippen molar-refractivity contribution in [1.82, 2.24) is 0 Å². The standard InChI is InChI=1S/C12H13FO2S/c13-11-6-10(16-12(11)14)8-15-7-9-4-2-1-3-5-9/h1-5,10-11H,6-8H2/t10-,11+/m0/s1. The highest BCUT2D eigenvalue weighted by molar-refractivity contribution is 8.14. The van der Waals surface area contributed by atoms with E-state index >= 15 is 0 Å². The van der Waals surface area contributed by atoms with Crippen LogP contribution in [0.25, 0.3) is 0 Å². The summed E-state index contributed by atoms with van der Waals surface area (Å²) in [4.78, 5) is 11.0.